The molecule has 0 bridgehead atoms. The minimum absolute atomic E-state index is 0.0602. The maximum absolute atomic E-state index is 12.7. The number of carbonyl (C=O) groups is 2. The molecule has 4 aromatic rings. The van der Waals surface area contributed by atoms with Crippen LogP contribution in [0.4, 0.5) is 17.6 Å². The summed E-state index contributed by atoms with van der Waals surface area (Å²) in [5.41, 5.74) is 3.13. The van der Waals surface area contributed by atoms with Gasteiger partial charge in [-0.3, -0.25) is 14.5 Å². The number of hydrogen-bond donors (Lipinski definition) is 0. The zero-order valence-electron chi connectivity index (χ0n) is 22.6. The lowest BCUT2D eigenvalue weighted by Gasteiger charge is -2.04. The first-order valence-electron chi connectivity index (χ1n) is 11.9. The van der Waals surface area contributed by atoms with Crippen LogP contribution in [0.25, 0.3) is 11.0 Å². The van der Waals surface area contributed by atoms with Crippen LogP contribution in [0.1, 0.15) is 35.1 Å². The van der Waals surface area contributed by atoms with Crippen molar-refractivity contribution in [1.29, 1.82) is 0 Å². The highest BCUT2D eigenvalue weighted by Gasteiger charge is 2.24. The predicted molar refractivity (Wildman–Crippen MR) is 139 cm³/mol. The monoisotopic (exact) mass is 546 g/mol. The Labute approximate surface area is 223 Å². The molecule has 0 N–H and O–H groups in total. The Morgan fingerprint density at radius 2 is 1.13 bits per heavy atom. The van der Waals surface area contributed by atoms with Crippen LogP contribution in [-0.4, -0.2) is 46.0 Å². The van der Waals surface area contributed by atoms with Crippen molar-refractivity contribution in [1.82, 2.24) is 20.1 Å². The van der Waals surface area contributed by atoms with E-state index in [1.807, 2.05) is 24.3 Å². The van der Waals surface area contributed by atoms with E-state index in [1.54, 1.807) is 7.11 Å². The molecular formula is C28H30F4N4O3. The van der Waals surface area contributed by atoms with Crippen LogP contribution < -0.4 is 4.84 Å². The standard InChI is InChI=1S/C8H6F4.C8H10.C7H7N3O.C5H7NO2/c1-3-5(9)7(11)4(2)8(12)6(3)10;1-7-3-5-8(2)6-4-7;1-11-10-7-5-3-2-4-6(7)8-9-10;1-6-4(7)2-3-5(6)8/h1-2H3;3-6H,1-2H3;2-5H,1H3;2-3H2,1H3. The molecule has 3 aromatic carbocycles. The van der Waals surface area contributed by atoms with Crippen LogP contribution in [0, 0.1) is 51.0 Å². The van der Waals surface area contributed by atoms with Crippen molar-refractivity contribution in [3.63, 3.8) is 0 Å². The summed E-state index contributed by atoms with van der Waals surface area (Å²) >= 11 is 0. The molecule has 0 spiro atoms. The highest BCUT2D eigenvalue weighted by molar-refractivity contribution is 6.01. The van der Waals surface area contributed by atoms with Crippen LogP contribution in [0.3, 0.4) is 0 Å². The fourth-order valence-corrected chi connectivity index (χ4v) is 3.16. The van der Waals surface area contributed by atoms with Gasteiger partial charge in [0.2, 0.25) is 11.8 Å². The Morgan fingerprint density at radius 3 is 1.49 bits per heavy atom. The number of hydrogen-bond acceptors (Lipinski definition) is 5. The molecule has 0 atom stereocenters. The normalized spacial score (nSPS) is 12.2. The first kappa shape index (κ1) is 30.9. The molecule has 11 heteroatoms. The molecule has 5 rings (SSSR count). The van der Waals surface area contributed by atoms with E-state index in [1.165, 1.54) is 27.9 Å². The van der Waals surface area contributed by atoms with Gasteiger partial charge in [-0.2, -0.15) is 0 Å². The number of aromatic nitrogens is 3. The number of likely N-dealkylation sites (tertiary alicyclic amines) is 1. The van der Waals surface area contributed by atoms with Gasteiger partial charge in [0.15, 0.2) is 23.3 Å². The molecular weight excluding hydrogens is 516 g/mol. The molecule has 1 saturated heterocycles. The molecule has 0 saturated carbocycles. The zero-order chi connectivity index (χ0) is 29.3. The summed E-state index contributed by atoms with van der Waals surface area (Å²) in [6.07, 6.45) is 0.796. The molecule has 1 fully saturated rings. The SMILES string of the molecule is CN1C(=O)CCC1=O.COn1nnc2ccccc21.Cc1c(F)c(F)c(C)c(F)c1F.Cc1ccc(C)cc1. The molecule has 1 aromatic heterocycles. The maximum Gasteiger partial charge on any atom is 0.229 e. The van der Waals surface area contributed by atoms with Crippen molar-refractivity contribution in [2.24, 2.45) is 0 Å². The van der Waals surface area contributed by atoms with Gasteiger partial charge < -0.3 is 4.84 Å². The van der Waals surface area contributed by atoms with Gasteiger partial charge in [0.25, 0.3) is 0 Å². The van der Waals surface area contributed by atoms with Crippen LogP contribution >= 0.6 is 0 Å². The number of imide groups is 1. The Hall–Kier alpha value is -4.28. The van der Waals surface area contributed by atoms with E-state index in [4.69, 9.17) is 4.84 Å². The number of nitrogens with zero attached hydrogens (tertiary/aromatic N) is 4. The van der Waals surface area contributed by atoms with Crippen molar-refractivity contribution in [3.8, 4) is 0 Å². The number of carbonyl (C=O) groups excluding carboxylic acids is 2. The van der Waals surface area contributed by atoms with Gasteiger partial charge >= 0.3 is 0 Å². The number of benzene rings is 3. The lowest BCUT2D eigenvalue weighted by Crippen LogP contribution is -2.23. The minimum atomic E-state index is -1.33. The second-order valence-corrected chi connectivity index (χ2v) is 8.64. The van der Waals surface area contributed by atoms with E-state index in [0.29, 0.717) is 12.8 Å². The maximum atomic E-state index is 12.7. The predicted octanol–water partition coefficient (Wildman–Crippen LogP) is 5.42. The summed E-state index contributed by atoms with van der Waals surface area (Å²) in [6.45, 7) is 6.16. The number of amides is 2. The van der Waals surface area contributed by atoms with E-state index >= 15 is 0 Å². The van der Waals surface area contributed by atoms with Gasteiger partial charge in [-0.1, -0.05) is 52.4 Å². The van der Waals surface area contributed by atoms with E-state index in [2.05, 4.69) is 48.4 Å². The van der Waals surface area contributed by atoms with Gasteiger partial charge in [0.05, 0.1) is 0 Å². The fraction of sp³-hybridized carbons (Fsp3) is 0.286. The molecule has 208 valence electrons. The quantitative estimate of drug-likeness (QED) is 0.181. The number of aryl methyl sites for hydroxylation is 2. The third kappa shape index (κ3) is 8.10. The molecule has 2 amide bonds. The third-order valence-corrected chi connectivity index (χ3v) is 5.72. The smallest absolute Gasteiger partial charge is 0.229 e. The Morgan fingerprint density at radius 1 is 0.718 bits per heavy atom. The van der Waals surface area contributed by atoms with Crippen molar-refractivity contribution in [2.75, 3.05) is 14.2 Å². The van der Waals surface area contributed by atoms with E-state index in [0.717, 1.165) is 24.9 Å². The van der Waals surface area contributed by atoms with Gasteiger partial charge in [0, 0.05) is 31.0 Å². The molecule has 1 aliphatic rings. The van der Waals surface area contributed by atoms with Crippen molar-refractivity contribution >= 4 is 22.8 Å². The van der Waals surface area contributed by atoms with Gasteiger partial charge in [0.1, 0.15) is 18.1 Å². The third-order valence-electron chi connectivity index (χ3n) is 5.72. The number of fused-ring (bicyclic) bond motifs is 1. The number of rotatable bonds is 1. The second-order valence-electron chi connectivity index (χ2n) is 8.64. The summed E-state index contributed by atoms with van der Waals surface area (Å²) in [5, 5.41) is 7.64. The van der Waals surface area contributed by atoms with Gasteiger partial charge in [-0.05, 0) is 45.0 Å². The van der Waals surface area contributed by atoms with Gasteiger partial charge in [-0.25, -0.2) is 17.6 Å². The Kier molecular flexibility index (Phi) is 11.1. The minimum Gasteiger partial charge on any atom is -0.398 e. The highest BCUT2D eigenvalue weighted by Crippen LogP contribution is 2.22. The topological polar surface area (TPSA) is 77.3 Å². The van der Waals surface area contributed by atoms with Crippen LogP contribution in [0.15, 0.2) is 48.5 Å². The Bertz CT molecular complexity index is 1300. The van der Waals surface area contributed by atoms with Crippen molar-refractivity contribution in [2.45, 2.75) is 40.5 Å². The summed E-state index contributed by atoms with van der Waals surface area (Å²) in [5.74, 6) is -5.43. The molecule has 39 heavy (non-hydrogen) atoms. The van der Waals surface area contributed by atoms with E-state index < -0.39 is 34.4 Å². The summed E-state index contributed by atoms with van der Waals surface area (Å²) < 4.78 is 50.6. The lowest BCUT2D eigenvalue weighted by atomic mass is 10.1. The van der Waals surface area contributed by atoms with Crippen LogP contribution in [0.5, 0.6) is 0 Å². The zero-order valence-corrected chi connectivity index (χ0v) is 22.6. The van der Waals surface area contributed by atoms with E-state index in [-0.39, 0.29) is 11.8 Å². The lowest BCUT2D eigenvalue weighted by molar-refractivity contribution is -0.136. The van der Waals surface area contributed by atoms with E-state index in [9.17, 15) is 27.2 Å². The average Bonchev–Trinajstić information content (AvgIpc) is 3.50. The highest BCUT2D eigenvalue weighted by atomic mass is 19.2. The first-order chi connectivity index (χ1) is 18.4. The summed E-state index contributed by atoms with van der Waals surface area (Å²) in [4.78, 5) is 28.4. The van der Waals surface area contributed by atoms with Crippen LogP contribution in [-0.2, 0) is 9.59 Å². The number of halogens is 4. The summed E-state index contributed by atoms with van der Waals surface area (Å²) in [6, 6.07) is 16.1. The van der Waals surface area contributed by atoms with Gasteiger partial charge in [-0.15, -0.1) is 5.10 Å². The fourth-order valence-electron chi connectivity index (χ4n) is 3.16. The summed E-state index contributed by atoms with van der Waals surface area (Å²) in [7, 11) is 3.07. The largest absolute Gasteiger partial charge is 0.398 e. The Balaban J connectivity index is 0.000000185. The molecule has 2 heterocycles. The molecule has 7 nitrogen and oxygen atoms in total. The molecule has 0 radical (unpaired) electrons. The van der Waals surface area contributed by atoms with Crippen molar-refractivity contribution < 1.29 is 32.0 Å². The van der Waals surface area contributed by atoms with Crippen LogP contribution in [0.2, 0.25) is 0 Å². The van der Waals surface area contributed by atoms with Crippen molar-refractivity contribution in [3.05, 3.63) is 94.1 Å². The second kappa shape index (κ2) is 14.0. The average molecular weight is 547 g/mol. The molecule has 1 aliphatic heterocycles. The number of para-hydroxylation sites is 1. The molecule has 0 aliphatic carbocycles. The molecule has 0 unspecified atom stereocenters. The first-order valence-corrected chi connectivity index (χ1v) is 11.9.